The molecule has 0 aliphatic carbocycles. The molecule has 0 atom stereocenters. The van der Waals surface area contributed by atoms with Gasteiger partial charge in [0.15, 0.2) is 0 Å². The minimum absolute atomic E-state index is 0.0224. The predicted octanol–water partition coefficient (Wildman–Crippen LogP) is 4.27. The number of alkyl halides is 3. The number of rotatable bonds is 3. The maximum absolute atomic E-state index is 12.9. The van der Waals surface area contributed by atoms with Crippen LogP contribution in [0.1, 0.15) is 23.1 Å². The number of carbonyl (C=O) groups excluding carboxylic acids is 1. The average Bonchev–Trinajstić information content (AvgIpc) is 2.75. The summed E-state index contributed by atoms with van der Waals surface area (Å²) in [5.41, 5.74) is 0.405. The van der Waals surface area contributed by atoms with Crippen molar-refractivity contribution >= 4 is 17.1 Å². The van der Waals surface area contributed by atoms with Crippen LogP contribution in [0.15, 0.2) is 23.6 Å². The summed E-state index contributed by atoms with van der Waals surface area (Å²) in [6, 6.07) is 4.14. The van der Waals surface area contributed by atoms with E-state index in [1.807, 2.05) is 0 Å². The maximum Gasteiger partial charge on any atom is 0.416 e. The van der Waals surface area contributed by atoms with E-state index in [9.17, 15) is 18.0 Å². The Bertz CT molecular complexity index is 646. The van der Waals surface area contributed by atoms with Gasteiger partial charge in [0, 0.05) is 10.9 Å². The lowest BCUT2D eigenvalue weighted by atomic mass is 10.0. The first kappa shape index (κ1) is 14.7. The number of hydrogen-bond donors (Lipinski definition) is 0. The predicted molar refractivity (Wildman–Crippen MR) is 71.7 cm³/mol. The Morgan fingerprint density at radius 1 is 1.35 bits per heavy atom. The first-order chi connectivity index (χ1) is 9.27. The van der Waals surface area contributed by atoms with Gasteiger partial charge in [-0.2, -0.15) is 13.2 Å². The van der Waals surface area contributed by atoms with Crippen molar-refractivity contribution in [3.8, 4) is 11.3 Å². The Kier molecular flexibility index (Phi) is 3.94. The minimum atomic E-state index is -4.38. The fraction of sp³-hybridized carbons (Fsp3) is 0.286. The monoisotopic (exact) mass is 299 g/mol. The normalized spacial score (nSPS) is 11.7. The van der Waals surface area contributed by atoms with Gasteiger partial charge < -0.3 is 0 Å². The molecule has 2 rings (SSSR count). The van der Waals surface area contributed by atoms with Gasteiger partial charge >= 0.3 is 6.18 Å². The molecule has 0 unspecified atom stereocenters. The van der Waals surface area contributed by atoms with E-state index in [1.54, 1.807) is 11.4 Å². The van der Waals surface area contributed by atoms with Gasteiger partial charge in [0.1, 0.15) is 10.8 Å². The standard InChI is InChI=1S/C14H12F3NOS/c1-8-3-4-10(6-11(8)14(15,16)17)12-7-20-13(18-12)5-9(2)19/h3-4,6-7H,5H2,1-2H3. The van der Waals surface area contributed by atoms with Crippen molar-refractivity contribution in [3.63, 3.8) is 0 Å². The summed E-state index contributed by atoms with van der Waals surface area (Å²) in [6.07, 6.45) is -4.17. The van der Waals surface area contributed by atoms with Crippen LogP contribution in [0.2, 0.25) is 0 Å². The number of hydrogen-bond acceptors (Lipinski definition) is 3. The van der Waals surface area contributed by atoms with Gasteiger partial charge in [-0.3, -0.25) is 4.79 Å². The summed E-state index contributed by atoms with van der Waals surface area (Å²) >= 11 is 1.28. The molecule has 20 heavy (non-hydrogen) atoms. The molecule has 0 bridgehead atoms. The Morgan fingerprint density at radius 3 is 2.65 bits per heavy atom. The van der Waals surface area contributed by atoms with Crippen molar-refractivity contribution in [1.82, 2.24) is 4.98 Å². The molecule has 1 aromatic heterocycles. The Hall–Kier alpha value is -1.69. The third-order valence-corrected chi connectivity index (χ3v) is 3.64. The highest BCUT2D eigenvalue weighted by Crippen LogP contribution is 2.34. The molecule has 1 heterocycles. The third kappa shape index (κ3) is 3.25. The third-order valence-electron chi connectivity index (χ3n) is 2.79. The van der Waals surface area contributed by atoms with Crippen LogP contribution in [0, 0.1) is 6.92 Å². The van der Waals surface area contributed by atoms with Crippen molar-refractivity contribution in [1.29, 1.82) is 0 Å². The highest BCUT2D eigenvalue weighted by molar-refractivity contribution is 7.10. The first-order valence-corrected chi connectivity index (χ1v) is 6.77. The number of benzene rings is 1. The molecule has 6 heteroatoms. The first-order valence-electron chi connectivity index (χ1n) is 5.89. The fourth-order valence-corrected chi connectivity index (χ4v) is 2.70. The molecule has 1 aromatic carbocycles. The zero-order chi connectivity index (χ0) is 14.9. The molecule has 106 valence electrons. The average molecular weight is 299 g/mol. The van der Waals surface area contributed by atoms with E-state index >= 15 is 0 Å². The molecular weight excluding hydrogens is 287 g/mol. The SMILES string of the molecule is CC(=O)Cc1nc(-c2ccc(C)c(C(F)(F)F)c2)cs1. The number of carbonyl (C=O) groups is 1. The van der Waals surface area contributed by atoms with Crippen LogP contribution in [0.5, 0.6) is 0 Å². The summed E-state index contributed by atoms with van der Waals surface area (Å²) in [5, 5.41) is 2.28. The van der Waals surface area contributed by atoms with Gasteiger partial charge in [-0.1, -0.05) is 12.1 Å². The summed E-state index contributed by atoms with van der Waals surface area (Å²) in [7, 11) is 0. The van der Waals surface area contributed by atoms with Gasteiger partial charge in [0.25, 0.3) is 0 Å². The quantitative estimate of drug-likeness (QED) is 0.847. The molecule has 0 aliphatic heterocycles. The number of aromatic nitrogens is 1. The molecule has 0 N–H and O–H groups in total. The lowest BCUT2D eigenvalue weighted by molar-refractivity contribution is -0.138. The Morgan fingerprint density at radius 2 is 2.05 bits per heavy atom. The smallest absolute Gasteiger partial charge is 0.300 e. The number of Topliss-reactive ketones (excluding diaryl/α,β-unsaturated/α-hetero) is 1. The molecule has 0 saturated carbocycles. The second kappa shape index (κ2) is 5.36. The zero-order valence-corrected chi connectivity index (χ0v) is 11.7. The van der Waals surface area contributed by atoms with E-state index < -0.39 is 11.7 Å². The summed E-state index contributed by atoms with van der Waals surface area (Å²) in [6.45, 7) is 2.88. The molecule has 2 nitrogen and oxygen atoms in total. The number of halogens is 3. The van der Waals surface area contributed by atoms with Gasteiger partial charge in [-0.25, -0.2) is 4.98 Å². The van der Waals surface area contributed by atoms with Crippen molar-refractivity contribution in [2.75, 3.05) is 0 Å². The van der Waals surface area contributed by atoms with E-state index in [2.05, 4.69) is 4.98 Å². The molecule has 0 fully saturated rings. The molecule has 0 amide bonds. The highest BCUT2D eigenvalue weighted by Gasteiger charge is 2.32. The Labute approximate surface area is 118 Å². The molecule has 0 saturated heterocycles. The molecule has 0 aliphatic rings. The summed E-state index contributed by atoms with van der Waals surface area (Å²) in [4.78, 5) is 15.2. The Balaban J connectivity index is 2.38. The largest absolute Gasteiger partial charge is 0.416 e. The topological polar surface area (TPSA) is 30.0 Å². The molecule has 0 radical (unpaired) electrons. The van der Waals surface area contributed by atoms with Crippen molar-refractivity contribution in [2.24, 2.45) is 0 Å². The second-order valence-electron chi connectivity index (χ2n) is 4.53. The number of aryl methyl sites for hydroxylation is 1. The second-order valence-corrected chi connectivity index (χ2v) is 5.48. The van der Waals surface area contributed by atoms with Gasteiger partial charge in [-0.15, -0.1) is 11.3 Å². The minimum Gasteiger partial charge on any atom is -0.300 e. The van der Waals surface area contributed by atoms with E-state index in [0.29, 0.717) is 16.3 Å². The van der Waals surface area contributed by atoms with Gasteiger partial charge in [0.05, 0.1) is 17.7 Å². The van der Waals surface area contributed by atoms with E-state index in [0.717, 1.165) is 6.07 Å². The molecular formula is C14H12F3NOS. The lowest BCUT2D eigenvalue weighted by Gasteiger charge is -2.11. The van der Waals surface area contributed by atoms with Crippen LogP contribution in [-0.2, 0) is 17.4 Å². The van der Waals surface area contributed by atoms with Gasteiger partial charge in [0.2, 0.25) is 0 Å². The maximum atomic E-state index is 12.9. The van der Waals surface area contributed by atoms with Crippen molar-refractivity contribution < 1.29 is 18.0 Å². The van der Waals surface area contributed by atoms with Crippen molar-refractivity contribution in [2.45, 2.75) is 26.4 Å². The number of thiazole rings is 1. The zero-order valence-electron chi connectivity index (χ0n) is 10.9. The summed E-state index contributed by atoms with van der Waals surface area (Å²) < 4.78 is 38.6. The highest BCUT2D eigenvalue weighted by atomic mass is 32.1. The fourth-order valence-electron chi connectivity index (χ4n) is 1.82. The van der Waals surface area contributed by atoms with E-state index in [1.165, 1.54) is 31.3 Å². The van der Waals surface area contributed by atoms with Crippen molar-refractivity contribution in [3.05, 3.63) is 39.7 Å². The number of ketones is 1. The van der Waals surface area contributed by atoms with Crippen LogP contribution < -0.4 is 0 Å². The molecule has 0 spiro atoms. The van der Waals surface area contributed by atoms with E-state index in [-0.39, 0.29) is 17.8 Å². The van der Waals surface area contributed by atoms with Crippen LogP contribution in [0.25, 0.3) is 11.3 Å². The van der Waals surface area contributed by atoms with Crippen LogP contribution >= 0.6 is 11.3 Å². The van der Waals surface area contributed by atoms with Crippen LogP contribution in [0.4, 0.5) is 13.2 Å². The van der Waals surface area contributed by atoms with Gasteiger partial charge in [-0.05, 0) is 25.5 Å². The lowest BCUT2D eigenvalue weighted by Crippen LogP contribution is -2.07. The van der Waals surface area contributed by atoms with E-state index in [4.69, 9.17) is 0 Å². The summed E-state index contributed by atoms with van der Waals surface area (Å²) in [5.74, 6) is -0.0224. The number of nitrogens with zero attached hydrogens (tertiary/aromatic N) is 1. The van der Waals surface area contributed by atoms with Crippen LogP contribution in [-0.4, -0.2) is 10.8 Å². The van der Waals surface area contributed by atoms with Crippen LogP contribution in [0.3, 0.4) is 0 Å². The molecule has 2 aromatic rings.